The average molecular weight is 402 g/mol. The van der Waals surface area contributed by atoms with Crippen molar-refractivity contribution in [2.75, 3.05) is 37.7 Å². The number of pyridine rings is 1. The highest BCUT2D eigenvalue weighted by molar-refractivity contribution is 7.92. The molecule has 0 radical (unpaired) electrons. The van der Waals surface area contributed by atoms with E-state index < -0.39 is 9.84 Å². The Bertz CT molecular complexity index is 849. The van der Waals surface area contributed by atoms with Crippen LogP contribution in [0, 0.1) is 0 Å². The van der Waals surface area contributed by atoms with Gasteiger partial charge in [0.05, 0.1) is 5.75 Å². The number of benzene rings is 1. The number of rotatable bonds is 8. The molecule has 28 heavy (non-hydrogen) atoms. The highest BCUT2D eigenvalue weighted by Gasteiger charge is 2.25. The summed E-state index contributed by atoms with van der Waals surface area (Å²) in [5, 5.41) is 0. The molecule has 1 fully saturated rings. The lowest BCUT2D eigenvalue weighted by molar-refractivity contribution is -0.130. The van der Waals surface area contributed by atoms with Crippen LogP contribution in [0.5, 0.6) is 0 Å². The van der Waals surface area contributed by atoms with Gasteiger partial charge < -0.3 is 4.90 Å². The Morgan fingerprint density at radius 2 is 1.61 bits per heavy atom. The topological polar surface area (TPSA) is 70.6 Å². The fourth-order valence-electron chi connectivity index (χ4n) is 3.39. The van der Waals surface area contributed by atoms with Gasteiger partial charge in [-0.15, -0.1) is 0 Å². The fraction of sp³-hybridized carbons (Fsp3) is 0.429. The van der Waals surface area contributed by atoms with Crippen LogP contribution in [0.3, 0.4) is 0 Å². The van der Waals surface area contributed by atoms with E-state index in [1.807, 2.05) is 42.5 Å². The van der Waals surface area contributed by atoms with Crippen molar-refractivity contribution in [2.24, 2.45) is 0 Å². The number of hydrogen-bond donors (Lipinski definition) is 0. The van der Waals surface area contributed by atoms with E-state index in [2.05, 4.69) is 9.88 Å². The molecule has 0 N–H and O–H groups in total. The van der Waals surface area contributed by atoms with Crippen LogP contribution in [-0.4, -0.2) is 66.8 Å². The number of nitrogens with zero attached hydrogens (tertiary/aromatic N) is 3. The number of aryl methyl sites for hydroxylation is 1. The molecule has 1 aliphatic rings. The third kappa shape index (κ3) is 6.42. The number of sulfone groups is 1. The minimum atomic E-state index is -3.37. The molecule has 0 aliphatic carbocycles. The van der Waals surface area contributed by atoms with Gasteiger partial charge in [-0.1, -0.05) is 30.3 Å². The lowest BCUT2D eigenvalue weighted by Crippen LogP contribution is -2.49. The van der Waals surface area contributed by atoms with Crippen molar-refractivity contribution >= 4 is 15.7 Å². The SMILES string of the molecule is O=C(CS(=O)(=O)CCCc1ccccc1)N1CCN(Cc2ccncc2)CC1. The number of piperazine rings is 1. The van der Waals surface area contributed by atoms with Gasteiger partial charge in [-0.2, -0.15) is 0 Å². The van der Waals surface area contributed by atoms with Crippen LogP contribution in [0.1, 0.15) is 17.5 Å². The molecule has 0 bridgehead atoms. The Hall–Kier alpha value is -2.25. The summed E-state index contributed by atoms with van der Waals surface area (Å²) in [7, 11) is -3.37. The smallest absolute Gasteiger partial charge is 0.237 e. The Kier molecular flexibility index (Phi) is 7.17. The van der Waals surface area contributed by atoms with Gasteiger partial charge in [0.15, 0.2) is 9.84 Å². The molecule has 150 valence electrons. The molecule has 2 heterocycles. The van der Waals surface area contributed by atoms with E-state index in [4.69, 9.17) is 0 Å². The van der Waals surface area contributed by atoms with Crippen molar-refractivity contribution < 1.29 is 13.2 Å². The molecule has 1 amide bonds. The number of carbonyl (C=O) groups is 1. The molecule has 1 aromatic carbocycles. The summed E-state index contributed by atoms with van der Waals surface area (Å²) < 4.78 is 24.6. The zero-order valence-corrected chi connectivity index (χ0v) is 16.9. The Morgan fingerprint density at radius 3 is 2.29 bits per heavy atom. The standard InChI is InChI=1S/C21H27N3O3S/c25-21(18-28(26,27)16-4-7-19-5-2-1-3-6-19)24-14-12-23(13-15-24)17-20-8-10-22-11-9-20/h1-3,5-6,8-11H,4,7,12-18H2. The summed E-state index contributed by atoms with van der Waals surface area (Å²) >= 11 is 0. The third-order valence-corrected chi connectivity index (χ3v) is 6.59. The van der Waals surface area contributed by atoms with Gasteiger partial charge in [-0.25, -0.2) is 8.42 Å². The lowest BCUT2D eigenvalue weighted by atomic mass is 10.1. The quantitative estimate of drug-likeness (QED) is 0.674. The first kappa shape index (κ1) is 20.5. The molecule has 0 atom stereocenters. The second kappa shape index (κ2) is 9.80. The summed E-state index contributed by atoms with van der Waals surface area (Å²) in [5.74, 6) is -0.606. The molecule has 1 aliphatic heterocycles. The van der Waals surface area contributed by atoms with Crippen LogP contribution in [0.2, 0.25) is 0 Å². The number of amides is 1. The van der Waals surface area contributed by atoms with Gasteiger partial charge >= 0.3 is 0 Å². The van der Waals surface area contributed by atoms with Crippen LogP contribution in [0.25, 0.3) is 0 Å². The molecule has 0 spiro atoms. The minimum absolute atomic E-state index is 0.0512. The van der Waals surface area contributed by atoms with E-state index in [0.29, 0.717) is 25.9 Å². The summed E-state index contributed by atoms with van der Waals surface area (Å²) in [6.07, 6.45) is 4.80. The van der Waals surface area contributed by atoms with Gasteiger partial charge in [0, 0.05) is 45.1 Å². The first-order valence-electron chi connectivity index (χ1n) is 9.65. The van der Waals surface area contributed by atoms with E-state index >= 15 is 0 Å². The zero-order chi connectivity index (χ0) is 19.8. The minimum Gasteiger partial charge on any atom is -0.339 e. The molecular formula is C21H27N3O3S. The van der Waals surface area contributed by atoms with Gasteiger partial charge in [0.25, 0.3) is 0 Å². The number of carbonyl (C=O) groups excluding carboxylic acids is 1. The van der Waals surface area contributed by atoms with E-state index in [0.717, 1.165) is 25.2 Å². The van der Waals surface area contributed by atoms with E-state index in [1.165, 1.54) is 5.56 Å². The predicted octanol–water partition coefficient (Wildman–Crippen LogP) is 1.77. The maximum Gasteiger partial charge on any atom is 0.237 e. The molecule has 7 heteroatoms. The predicted molar refractivity (Wildman–Crippen MR) is 110 cm³/mol. The molecule has 0 unspecified atom stereocenters. The van der Waals surface area contributed by atoms with Crippen molar-refractivity contribution in [3.63, 3.8) is 0 Å². The molecule has 1 saturated heterocycles. The van der Waals surface area contributed by atoms with Crippen molar-refractivity contribution in [1.29, 1.82) is 0 Å². The fourth-order valence-corrected chi connectivity index (χ4v) is 4.68. The molecule has 1 aromatic heterocycles. The maximum absolute atomic E-state index is 12.4. The average Bonchev–Trinajstić information content (AvgIpc) is 2.69. The lowest BCUT2D eigenvalue weighted by Gasteiger charge is -2.34. The molecule has 0 saturated carbocycles. The summed E-state index contributed by atoms with van der Waals surface area (Å²) in [6.45, 7) is 3.47. The summed E-state index contributed by atoms with van der Waals surface area (Å²) in [4.78, 5) is 20.4. The van der Waals surface area contributed by atoms with Gasteiger partial charge in [-0.3, -0.25) is 14.7 Å². The van der Waals surface area contributed by atoms with Crippen LogP contribution in [0.4, 0.5) is 0 Å². The van der Waals surface area contributed by atoms with Crippen LogP contribution in [0.15, 0.2) is 54.9 Å². The van der Waals surface area contributed by atoms with E-state index in [1.54, 1.807) is 17.3 Å². The second-order valence-corrected chi connectivity index (χ2v) is 9.38. The van der Waals surface area contributed by atoms with Crippen molar-refractivity contribution in [3.05, 3.63) is 66.0 Å². The van der Waals surface area contributed by atoms with Crippen LogP contribution >= 0.6 is 0 Å². The Morgan fingerprint density at radius 1 is 0.929 bits per heavy atom. The van der Waals surface area contributed by atoms with Gasteiger partial charge in [-0.05, 0) is 36.1 Å². The second-order valence-electron chi connectivity index (χ2n) is 7.19. The monoisotopic (exact) mass is 401 g/mol. The number of hydrogen-bond acceptors (Lipinski definition) is 5. The summed E-state index contributed by atoms with van der Waals surface area (Å²) in [5.41, 5.74) is 2.31. The summed E-state index contributed by atoms with van der Waals surface area (Å²) in [6, 6.07) is 13.8. The van der Waals surface area contributed by atoms with E-state index in [-0.39, 0.29) is 17.4 Å². The highest BCUT2D eigenvalue weighted by atomic mass is 32.2. The molecule has 6 nitrogen and oxygen atoms in total. The molecule has 3 rings (SSSR count). The van der Waals surface area contributed by atoms with Crippen LogP contribution in [-0.2, 0) is 27.6 Å². The van der Waals surface area contributed by atoms with Crippen molar-refractivity contribution in [2.45, 2.75) is 19.4 Å². The highest BCUT2D eigenvalue weighted by Crippen LogP contribution is 2.10. The molecular weight excluding hydrogens is 374 g/mol. The largest absolute Gasteiger partial charge is 0.339 e. The first-order valence-corrected chi connectivity index (χ1v) is 11.5. The zero-order valence-electron chi connectivity index (χ0n) is 16.0. The first-order chi connectivity index (χ1) is 13.5. The van der Waals surface area contributed by atoms with Gasteiger partial charge in [0.1, 0.15) is 5.75 Å². The Labute approximate surface area is 167 Å². The third-order valence-electron chi connectivity index (χ3n) is 4.99. The van der Waals surface area contributed by atoms with Crippen molar-refractivity contribution in [1.82, 2.24) is 14.8 Å². The molecule has 2 aromatic rings. The normalized spacial score (nSPS) is 15.5. The van der Waals surface area contributed by atoms with Crippen molar-refractivity contribution in [3.8, 4) is 0 Å². The van der Waals surface area contributed by atoms with Gasteiger partial charge in [0.2, 0.25) is 5.91 Å². The maximum atomic E-state index is 12.4. The number of aromatic nitrogens is 1. The Balaban J connectivity index is 1.40. The van der Waals surface area contributed by atoms with E-state index in [9.17, 15) is 13.2 Å². The van der Waals surface area contributed by atoms with Crippen LogP contribution < -0.4 is 0 Å².